The second-order valence-corrected chi connectivity index (χ2v) is 6.54. The van der Waals surface area contributed by atoms with E-state index in [4.69, 9.17) is 28.2 Å². The Morgan fingerprint density at radius 2 is 1.96 bits per heavy atom. The number of thiocarbonyl (C=S) groups is 1. The lowest BCUT2D eigenvalue weighted by Gasteiger charge is -2.14. The van der Waals surface area contributed by atoms with Crippen molar-refractivity contribution in [1.82, 2.24) is 0 Å². The highest BCUT2D eigenvalue weighted by Gasteiger charge is 2.33. The summed E-state index contributed by atoms with van der Waals surface area (Å²) in [5, 5.41) is 11.2. The van der Waals surface area contributed by atoms with Crippen molar-refractivity contribution in [2.45, 2.75) is 0 Å². The van der Waals surface area contributed by atoms with E-state index in [1.807, 2.05) is 0 Å². The summed E-state index contributed by atoms with van der Waals surface area (Å²) < 4.78 is 5.39. The second-order valence-electron chi connectivity index (χ2n) is 4.43. The van der Waals surface area contributed by atoms with Crippen LogP contribution in [-0.2, 0) is 4.79 Å². The van der Waals surface area contributed by atoms with Crippen molar-refractivity contribution < 1.29 is 14.1 Å². The van der Waals surface area contributed by atoms with Crippen LogP contribution in [0.5, 0.6) is 0 Å². The molecule has 3 rings (SSSR count). The third-order valence-corrected chi connectivity index (χ3v) is 4.50. The summed E-state index contributed by atoms with van der Waals surface area (Å²) >= 11 is 12.2. The molecule has 1 aliphatic rings. The number of anilines is 1. The maximum Gasteiger partial charge on any atom is 0.433 e. The van der Waals surface area contributed by atoms with E-state index in [0.29, 0.717) is 19.9 Å². The van der Waals surface area contributed by atoms with E-state index in [1.165, 1.54) is 23.1 Å². The molecule has 23 heavy (non-hydrogen) atoms. The Bertz CT molecular complexity index is 845. The SMILES string of the molecule is O=C1/C(=C\c2ccc([N+](=O)[O-])o2)SC(=S)N1c1ccc(Cl)cc1. The van der Waals surface area contributed by atoms with E-state index in [0.717, 1.165) is 11.8 Å². The predicted octanol–water partition coefficient (Wildman–Crippen LogP) is 4.25. The van der Waals surface area contributed by atoms with Gasteiger partial charge in [0.2, 0.25) is 0 Å². The zero-order valence-corrected chi connectivity index (χ0v) is 13.7. The fraction of sp³-hybridized carbons (Fsp3) is 0. The number of nitro groups is 1. The maximum absolute atomic E-state index is 12.5. The zero-order chi connectivity index (χ0) is 16.6. The summed E-state index contributed by atoms with van der Waals surface area (Å²) in [6.07, 6.45) is 1.43. The van der Waals surface area contributed by atoms with Gasteiger partial charge in [0, 0.05) is 11.1 Å². The molecule has 1 aromatic carbocycles. The molecule has 6 nitrogen and oxygen atoms in total. The monoisotopic (exact) mass is 366 g/mol. The first-order chi connectivity index (χ1) is 11.0. The molecular weight excluding hydrogens is 360 g/mol. The largest absolute Gasteiger partial charge is 0.433 e. The number of amides is 1. The van der Waals surface area contributed by atoms with Crippen molar-refractivity contribution in [2.24, 2.45) is 0 Å². The van der Waals surface area contributed by atoms with Gasteiger partial charge in [-0.15, -0.1) is 0 Å². The van der Waals surface area contributed by atoms with E-state index in [9.17, 15) is 14.9 Å². The average molecular weight is 367 g/mol. The van der Waals surface area contributed by atoms with Crippen molar-refractivity contribution in [3.8, 4) is 0 Å². The summed E-state index contributed by atoms with van der Waals surface area (Å²) in [4.78, 5) is 24.2. The van der Waals surface area contributed by atoms with Crippen LogP contribution in [0.1, 0.15) is 5.76 Å². The molecule has 2 heterocycles. The fourth-order valence-corrected chi connectivity index (χ4v) is 3.33. The molecule has 0 radical (unpaired) electrons. The fourth-order valence-electron chi connectivity index (χ4n) is 1.93. The van der Waals surface area contributed by atoms with Gasteiger partial charge in [0.25, 0.3) is 5.91 Å². The van der Waals surface area contributed by atoms with E-state index in [2.05, 4.69) is 0 Å². The average Bonchev–Trinajstić information content (AvgIpc) is 3.07. The van der Waals surface area contributed by atoms with Gasteiger partial charge in [-0.1, -0.05) is 35.6 Å². The smallest absolute Gasteiger partial charge is 0.401 e. The molecule has 1 aromatic heterocycles. The molecule has 1 fully saturated rings. The van der Waals surface area contributed by atoms with Crippen LogP contribution >= 0.6 is 35.6 Å². The Morgan fingerprint density at radius 1 is 1.26 bits per heavy atom. The first-order valence-electron chi connectivity index (χ1n) is 6.23. The number of hydrogen-bond acceptors (Lipinski definition) is 6. The number of thioether (sulfide) groups is 1. The highest BCUT2D eigenvalue weighted by molar-refractivity contribution is 8.27. The normalized spacial score (nSPS) is 16.4. The van der Waals surface area contributed by atoms with Crippen LogP contribution in [0.4, 0.5) is 11.6 Å². The highest BCUT2D eigenvalue weighted by Crippen LogP contribution is 2.36. The number of halogens is 1. The molecule has 0 atom stereocenters. The molecule has 1 saturated heterocycles. The van der Waals surface area contributed by atoms with Crippen LogP contribution in [-0.4, -0.2) is 15.2 Å². The van der Waals surface area contributed by atoms with Gasteiger partial charge in [0.1, 0.15) is 10.7 Å². The molecule has 2 aromatic rings. The number of nitrogens with zero attached hydrogens (tertiary/aromatic N) is 2. The van der Waals surface area contributed by atoms with E-state index in [-0.39, 0.29) is 17.6 Å². The van der Waals surface area contributed by atoms with Crippen molar-refractivity contribution in [2.75, 3.05) is 4.90 Å². The van der Waals surface area contributed by atoms with Crippen LogP contribution < -0.4 is 4.90 Å². The lowest BCUT2D eigenvalue weighted by molar-refractivity contribution is -0.402. The summed E-state index contributed by atoms with van der Waals surface area (Å²) in [5.74, 6) is -0.487. The Morgan fingerprint density at radius 3 is 2.57 bits per heavy atom. The van der Waals surface area contributed by atoms with Crippen LogP contribution in [0.2, 0.25) is 5.02 Å². The highest BCUT2D eigenvalue weighted by atomic mass is 35.5. The zero-order valence-electron chi connectivity index (χ0n) is 11.3. The van der Waals surface area contributed by atoms with Gasteiger partial charge in [-0.2, -0.15) is 0 Å². The number of benzene rings is 1. The van der Waals surface area contributed by atoms with Gasteiger partial charge in [-0.3, -0.25) is 19.8 Å². The molecular formula is C14H7ClN2O4S2. The first-order valence-corrected chi connectivity index (χ1v) is 7.84. The number of hydrogen-bond donors (Lipinski definition) is 0. The lowest BCUT2D eigenvalue weighted by atomic mass is 10.3. The molecule has 0 N–H and O–H groups in total. The van der Waals surface area contributed by atoms with Gasteiger partial charge < -0.3 is 4.42 Å². The summed E-state index contributed by atoms with van der Waals surface area (Å²) in [6, 6.07) is 9.35. The molecule has 0 unspecified atom stereocenters. The van der Waals surface area contributed by atoms with Gasteiger partial charge in [-0.05, 0) is 30.3 Å². The minimum Gasteiger partial charge on any atom is -0.401 e. The summed E-state index contributed by atoms with van der Waals surface area (Å²) in [6.45, 7) is 0. The van der Waals surface area contributed by atoms with Gasteiger partial charge in [-0.25, -0.2) is 0 Å². The number of carbonyl (C=O) groups is 1. The minimum atomic E-state index is -0.643. The number of furan rings is 1. The van der Waals surface area contributed by atoms with Gasteiger partial charge in [0.05, 0.1) is 16.7 Å². The third kappa shape index (κ3) is 3.14. The Labute approximate surface area is 144 Å². The summed E-state index contributed by atoms with van der Waals surface area (Å²) in [7, 11) is 0. The van der Waals surface area contributed by atoms with E-state index >= 15 is 0 Å². The standard InChI is InChI=1S/C14H7ClN2O4S2/c15-8-1-3-9(4-2-8)16-13(18)11(23-14(16)22)7-10-5-6-12(21-10)17(19)20/h1-7H/b11-7+. The van der Waals surface area contributed by atoms with Crippen LogP contribution in [0.3, 0.4) is 0 Å². The minimum absolute atomic E-state index is 0.216. The molecule has 0 aliphatic carbocycles. The van der Waals surface area contributed by atoms with Gasteiger partial charge >= 0.3 is 5.88 Å². The quantitative estimate of drug-likeness (QED) is 0.350. The molecule has 9 heteroatoms. The van der Waals surface area contributed by atoms with Crippen LogP contribution in [0.25, 0.3) is 6.08 Å². The van der Waals surface area contributed by atoms with Crippen molar-refractivity contribution in [3.05, 3.63) is 62.2 Å². The third-order valence-electron chi connectivity index (χ3n) is 2.94. The summed E-state index contributed by atoms with van der Waals surface area (Å²) in [5.41, 5.74) is 0.603. The molecule has 0 saturated carbocycles. The van der Waals surface area contributed by atoms with E-state index < -0.39 is 4.92 Å². The number of rotatable bonds is 3. The molecule has 1 aliphatic heterocycles. The molecule has 0 spiro atoms. The maximum atomic E-state index is 12.5. The van der Waals surface area contributed by atoms with Crippen molar-refractivity contribution in [1.29, 1.82) is 0 Å². The van der Waals surface area contributed by atoms with Crippen molar-refractivity contribution in [3.63, 3.8) is 0 Å². The first kappa shape index (κ1) is 15.7. The molecule has 0 bridgehead atoms. The Hall–Kier alpha value is -2.16. The Kier molecular flexibility index (Phi) is 4.20. The van der Waals surface area contributed by atoms with Gasteiger partial charge in [0.15, 0.2) is 4.32 Å². The van der Waals surface area contributed by atoms with Crippen molar-refractivity contribution >= 4 is 63.5 Å². The molecule has 116 valence electrons. The predicted molar refractivity (Wildman–Crippen MR) is 92.5 cm³/mol. The topological polar surface area (TPSA) is 76.6 Å². The molecule has 1 amide bonds. The second kappa shape index (κ2) is 6.15. The van der Waals surface area contributed by atoms with E-state index in [1.54, 1.807) is 24.3 Å². The van der Waals surface area contributed by atoms with Crippen LogP contribution in [0, 0.1) is 10.1 Å². The van der Waals surface area contributed by atoms with Crippen LogP contribution in [0.15, 0.2) is 45.7 Å². The Balaban J connectivity index is 1.89. The lowest BCUT2D eigenvalue weighted by Crippen LogP contribution is -2.27. The number of carbonyl (C=O) groups excluding carboxylic acids is 1.